The van der Waals surface area contributed by atoms with E-state index in [0.717, 1.165) is 108 Å². The molecule has 0 saturated heterocycles. The van der Waals surface area contributed by atoms with E-state index >= 15 is 0 Å². The zero-order valence-electron chi connectivity index (χ0n) is 66.5. The van der Waals surface area contributed by atoms with Crippen molar-refractivity contribution in [2.75, 3.05) is 39.6 Å². The lowest BCUT2D eigenvalue weighted by atomic mass is 9.99. The monoisotopic (exact) mass is 1480 g/mol. The standard InChI is InChI=1S/C82H160O17P2/c1-9-75(8)61-53-45-35-31-27-23-19-15-11-13-16-20-24-28-32-36-46-54-62-79(84)92-68-77(98-81(86)64-56-48-37-33-29-25-21-17-12-10-14-18-22-26-30-34-42-50-58-72(2)3)70-96-100(88,89)94-66-76(83)67-95-101(90,91)97-71-78(99-82(87)65-57-49-41-39-44-52-60-74(6)7)69-93-80(85)63-55-47-40-38-43-51-59-73(4)5/h72-78,83H,9-71H2,1-8H3,(H,88,89)(H,90,91)/t75?,76-,77-,78-/m1/s1. The number of aliphatic hydroxyl groups is 1. The average Bonchev–Trinajstić information content (AvgIpc) is 0.933. The van der Waals surface area contributed by atoms with E-state index in [1.807, 2.05) is 0 Å². The van der Waals surface area contributed by atoms with Crippen molar-refractivity contribution < 1.29 is 80.2 Å². The summed E-state index contributed by atoms with van der Waals surface area (Å²) in [6, 6.07) is 0. The second-order valence-electron chi connectivity index (χ2n) is 31.2. The van der Waals surface area contributed by atoms with E-state index in [-0.39, 0.29) is 25.7 Å². The van der Waals surface area contributed by atoms with Crippen molar-refractivity contribution in [1.82, 2.24) is 0 Å². The van der Waals surface area contributed by atoms with Crippen molar-refractivity contribution in [3.8, 4) is 0 Å². The fraction of sp³-hybridized carbons (Fsp3) is 0.951. The Morgan fingerprint density at radius 3 is 0.703 bits per heavy atom. The first-order valence-corrected chi connectivity index (χ1v) is 45.2. The SMILES string of the molecule is CCC(C)CCCCCCCCCCCCCCCCCCCCC(=O)OC[C@H](COP(=O)(O)OC[C@@H](O)COP(=O)(O)OC[C@@H](COC(=O)CCCCCCCCC(C)C)OC(=O)CCCCCCCCC(C)C)OC(=O)CCCCCCCCCCCCCCCCCCCCC(C)C. The normalized spacial score (nSPS) is 14.3. The molecule has 0 aromatic rings. The molecule has 19 heteroatoms. The molecule has 0 rings (SSSR count). The number of phosphoric ester groups is 2. The summed E-state index contributed by atoms with van der Waals surface area (Å²) in [7, 11) is -9.92. The molecule has 0 fully saturated rings. The Morgan fingerprint density at radius 2 is 0.475 bits per heavy atom. The van der Waals surface area contributed by atoms with E-state index in [0.29, 0.717) is 37.5 Å². The largest absolute Gasteiger partial charge is 0.472 e. The minimum atomic E-state index is -4.96. The third-order valence-electron chi connectivity index (χ3n) is 19.4. The van der Waals surface area contributed by atoms with Gasteiger partial charge in [0.15, 0.2) is 12.2 Å². The van der Waals surface area contributed by atoms with Gasteiger partial charge in [0.2, 0.25) is 0 Å². The maximum absolute atomic E-state index is 13.1. The fourth-order valence-corrected chi connectivity index (χ4v) is 14.2. The highest BCUT2D eigenvalue weighted by atomic mass is 31.2. The third-order valence-corrected chi connectivity index (χ3v) is 21.3. The van der Waals surface area contributed by atoms with Gasteiger partial charge >= 0.3 is 39.5 Å². The van der Waals surface area contributed by atoms with Crippen LogP contribution in [-0.4, -0.2) is 96.7 Å². The van der Waals surface area contributed by atoms with Gasteiger partial charge in [0, 0.05) is 25.7 Å². The number of ether oxygens (including phenoxy) is 4. The first-order valence-electron chi connectivity index (χ1n) is 42.2. The van der Waals surface area contributed by atoms with Crippen LogP contribution in [0.3, 0.4) is 0 Å². The molecule has 0 aromatic carbocycles. The minimum absolute atomic E-state index is 0.101. The maximum Gasteiger partial charge on any atom is 0.472 e. The molecule has 0 radical (unpaired) electrons. The number of aliphatic hydroxyl groups excluding tert-OH is 1. The van der Waals surface area contributed by atoms with Crippen molar-refractivity contribution in [1.29, 1.82) is 0 Å². The zero-order chi connectivity index (χ0) is 74.6. The molecule has 6 atom stereocenters. The molecule has 0 aliphatic carbocycles. The molecule has 0 amide bonds. The number of unbranched alkanes of at least 4 members (excludes halogenated alkanes) is 44. The highest BCUT2D eigenvalue weighted by Gasteiger charge is 2.30. The summed E-state index contributed by atoms with van der Waals surface area (Å²) in [6.07, 6.45) is 58.9. The van der Waals surface area contributed by atoms with Crippen LogP contribution in [0, 0.1) is 23.7 Å². The molecule has 0 saturated carbocycles. The molecule has 0 bridgehead atoms. The van der Waals surface area contributed by atoms with Crippen molar-refractivity contribution in [3.05, 3.63) is 0 Å². The van der Waals surface area contributed by atoms with Crippen LogP contribution in [0.2, 0.25) is 0 Å². The highest BCUT2D eigenvalue weighted by molar-refractivity contribution is 7.47. The van der Waals surface area contributed by atoms with Gasteiger partial charge in [0.25, 0.3) is 0 Å². The Morgan fingerprint density at radius 1 is 0.277 bits per heavy atom. The van der Waals surface area contributed by atoms with Gasteiger partial charge in [-0.15, -0.1) is 0 Å². The molecule has 600 valence electrons. The first kappa shape index (κ1) is 99.1. The van der Waals surface area contributed by atoms with Gasteiger partial charge in [-0.25, -0.2) is 9.13 Å². The maximum atomic E-state index is 13.1. The van der Waals surface area contributed by atoms with Crippen LogP contribution in [0.15, 0.2) is 0 Å². The topological polar surface area (TPSA) is 237 Å². The molecule has 0 aliphatic rings. The molecular formula is C82H160O17P2. The zero-order valence-corrected chi connectivity index (χ0v) is 68.3. The summed E-state index contributed by atoms with van der Waals surface area (Å²) in [6.45, 7) is 14.2. The van der Waals surface area contributed by atoms with Crippen LogP contribution in [0.4, 0.5) is 0 Å². The van der Waals surface area contributed by atoms with Gasteiger partial charge in [-0.1, -0.05) is 370 Å². The molecular weight excluding hydrogens is 1320 g/mol. The molecule has 101 heavy (non-hydrogen) atoms. The lowest BCUT2D eigenvalue weighted by Crippen LogP contribution is -2.30. The molecule has 17 nitrogen and oxygen atoms in total. The highest BCUT2D eigenvalue weighted by Crippen LogP contribution is 2.45. The Bertz CT molecular complexity index is 1970. The summed E-state index contributed by atoms with van der Waals surface area (Å²) in [5.41, 5.74) is 0. The van der Waals surface area contributed by atoms with Crippen LogP contribution in [0.1, 0.15) is 421 Å². The minimum Gasteiger partial charge on any atom is -0.462 e. The second kappa shape index (κ2) is 71.0. The number of esters is 4. The van der Waals surface area contributed by atoms with E-state index in [4.69, 9.17) is 37.0 Å². The number of carbonyl (C=O) groups excluding carboxylic acids is 4. The third kappa shape index (κ3) is 74.7. The molecule has 3 N–H and O–H groups in total. The smallest absolute Gasteiger partial charge is 0.462 e. The molecule has 0 spiro atoms. The lowest BCUT2D eigenvalue weighted by molar-refractivity contribution is -0.161. The van der Waals surface area contributed by atoms with Gasteiger partial charge in [-0.2, -0.15) is 0 Å². The average molecular weight is 1480 g/mol. The number of hydrogen-bond donors (Lipinski definition) is 3. The summed E-state index contributed by atoms with van der Waals surface area (Å²) in [5, 5.41) is 10.6. The summed E-state index contributed by atoms with van der Waals surface area (Å²) >= 11 is 0. The first-order chi connectivity index (χ1) is 48.6. The lowest BCUT2D eigenvalue weighted by Gasteiger charge is -2.21. The van der Waals surface area contributed by atoms with Gasteiger partial charge in [0.1, 0.15) is 19.3 Å². The summed E-state index contributed by atoms with van der Waals surface area (Å²) in [4.78, 5) is 72.9. The molecule has 0 heterocycles. The van der Waals surface area contributed by atoms with E-state index in [2.05, 4.69) is 55.4 Å². The van der Waals surface area contributed by atoms with Crippen molar-refractivity contribution in [2.45, 2.75) is 440 Å². The quantitative estimate of drug-likeness (QED) is 0.0222. The van der Waals surface area contributed by atoms with Crippen LogP contribution in [0.25, 0.3) is 0 Å². The molecule has 0 aromatic heterocycles. The predicted molar refractivity (Wildman–Crippen MR) is 414 cm³/mol. The summed E-state index contributed by atoms with van der Waals surface area (Å²) in [5.74, 6) is 0.921. The number of carbonyl (C=O) groups is 4. The van der Waals surface area contributed by atoms with Gasteiger partial charge in [0.05, 0.1) is 26.4 Å². The molecule has 3 unspecified atom stereocenters. The van der Waals surface area contributed by atoms with E-state index in [1.165, 1.54) is 218 Å². The van der Waals surface area contributed by atoms with Crippen LogP contribution >= 0.6 is 15.6 Å². The Labute approximate surface area is 619 Å². The summed E-state index contributed by atoms with van der Waals surface area (Å²) < 4.78 is 68.6. The van der Waals surface area contributed by atoms with Crippen molar-refractivity contribution in [3.63, 3.8) is 0 Å². The Kier molecular flexibility index (Phi) is 69.6. The van der Waals surface area contributed by atoms with Gasteiger partial charge in [-0.3, -0.25) is 37.3 Å². The number of hydrogen-bond acceptors (Lipinski definition) is 15. The molecule has 0 aliphatic heterocycles. The van der Waals surface area contributed by atoms with E-state index in [9.17, 15) is 43.2 Å². The second-order valence-corrected chi connectivity index (χ2v) is 34.1. The van der Waals surface area contributed by atoms with Gasteiger partial charge < -0.3 is 33.8 Å². The van der Waals surface area contributed by atoms with E-state index < -0.39 is 97.5 Å². The Balaban J connectivity index is 5.15. The fourth-order valence-electron chi connectivity index (χ4n) is 12.6. The van der Waals surface area contributed by atoms with Crippen molar-refractivity contribution >= 4 is 39.5 Å². The van der Waals surface area contributed by atoms with Gasteiger partial charge in [-0.05, 0) is 49.4 Å². The van der Waals surface area contributed by atoms with E-state index in [1.54, 1.807) is 0 Å². The van der Waals surface area contributed by atoms with Crippen LogP contribution < -0.4 is 0 Å². The Hall–Kier alpha value is -1.94. The van der Waals surface area contributed by atoms with Crippen LogP contribution in [0.5, 0.6) is 0 Å². The van der Waals surface area contributed by atoms with Crippen molar-refractivity contribution in [2.24, 2.45) is 23.7 Å². The number of phosphoric acid groups is 2. The number of rotatable bonds is 79. The van der Waals surface area contributed by atoms with Crippen LogP contribution in [-0.2, 0) is 65.4 Å². The predicted octanol–water partition coefficient (Wildman–Crippen LogP) is 24.4.